The number of carbonyl (C=O) groups is 2. The summed E-state index contributed by atoms with van der Waals surface area (Å²) in [4.78, 5) is 22.7. The highest BCUT2D eigenvalue weighted by Crippen LogP contribution is 2.26. The molecule has 0 aliphatic heterocycles. The summed E-state index contributed by atoms with van der Waals surface area (Å²) in [6.45, 7) is 1.71. The molecule has 0 bridgehead atoms. The van der Waals surface area contributed by atoms with Crippen LogP contribution in [0.5, 0.6) is 0 Å². The molecule has 1 aromatic rings. The van der Waals surface area contributed by atoms with Gasteiger partial charge in [-0.1, -0.05) is 23.7 Å². The summed E-state index contributed by atoms with van der Waals surface area (Å²) < 4.78 is 9.23. The van der Waals surface area contributed by atoms with Crippen LogP contribution >= 0.6 is 11.6 Å². The Bertz CT molecular complexity index is 485. The van der Waals surface area contributed by atoms with Gasteiger partial charge in [-0.2, -0.15) is 0 Å². The van der Waals surface area contributed by atoms with Crippen LogP contribution in [0.3, 0.4) is 0 Å². The number of hydrogen-bond donors (Lipinski definition) is 1. The predicted molar refractivity (Wildman–Crippen MR) is 67.7 cm³/mol. The summed E-state index contributed by atoms with van der Waals surface area (Å²) in [5.41, 5.74) is 0.442. The summed E-state index contributed by atoms with van der Waals surface area (Å²) >= 11 is 5.97. The van der Waals surface area contributed by atoms with E-state index in [0.29, 0.717) is 0 Å². The van der Waals surface area contributed by atoms with Crippen molar-refractivity contribution in [3.8, 4) is 0 Å². The number of allylic oxidation sites excluding steroid dienone is 1. The Morgan fingerprint density at radius 3 is 2.72 bits per heavy atom. The zero-order chi connectivity index (χ0) is 13.5. The molecule has 0 aromatic heterocycles. The SMILES string of the molecule is C/C=C\OC(=O)Nc1cccc(C(=O)OC)c1Cl. The van der Waals surface area contributed by atoms with Gasteiger partial charge >= 0.3 is 12.1 Å². The lowest BCUT2D eigenvalue weighted by Crippen LogP contribution is -2.12. The van der Waals surface area contributed by atoms with Crippen molar-refractivity contribution in [2.24, 2.45) is 0 Å². The maximum Gasteiger partial charge on any atom is 0.416 e. The number of nitrogens with one attached hydrogen (secondary N) is 1. The molecule has 0 saturated carbocycles. The van der Waals surface area contributed by atoms with E-state index in [1.165, 1.54) is 19.4 Å². The average molecular weight is 270 g/mol. The van der Waals surface area contributed by atoms with Crippen LogP contribution in [-0.2, 0) is 9.47 Å². The van der Waals surface area contributed by atoms with Gasteiger partial charge in [0.15, 0.2) is 0 Å². The van der Waals surface area contributed by atoms with Crippen LogP contribution in [0.1, 0.15) is 17.3 Å². The number of benzene rings is 1. The van der Waals surface area contributed by atoms with Crippen LogP contribution in [0.25, 0.3) is 0 Å². The minimum atomic E-state index is -0.697. The lowest BCUT2D eigenvalue weighted by molar-refractivity contribution is 0.0601. The quantitative estimate of drug-likeness (QED) is 0.676. The van der Waals surface area contributed by atoms with Gasteiger partial charge in [-0.15, -0.1) is 0 Å². The molecule has 96 valence electrons. The zero-order valence-electron chi connectivity index (χ0n) is 9.90. The van der Waals surface area contributed by atoms with Crippen molar-refractivity contribution < 1.29 is 19.1 Å². The Balaban J connectivity index is 2.90. The molecule has 18 heavy (non-hydrogen) atoms. The summed E-state index contributed by atoms with van der Waals surface area (Å²) in [6, 6.07) is 4.62. The van der Waals surface area contributed by atoms with Gasteiger partial charge in [-0.3, -0.25) is 5.32 Å². The van der Waals surface area contributed by atoms with Crippen LogP contribution in [0, 0.1) is 0 Å². The van der Waals surface area contributed by atoms with E-state index in [1.807, 2.05) is 0 Å². The second-order valence-corrected chi connectivity index (χ2v) is 3.54. The highest BCUT2D eigenvalue weighted by molar-refractivity contribution is 6.36. The molecule has 1 amide bonds. The van der Waals surface area contributed by atoms with Crippen molar-refractivity contribution in [3.63, 3.8) is 0 Å². The fourth-order valence-electron chi connectivity index (χ4n) is 1.17. The van der Waals surface area contributed by atoms with Crippen molar-refractivity contribution >= 4 is 29.4 Å². The lowest BCUT2D eigenvalue weighted by Gasteiger charge is -2.08. The van der Waals surface area contributed by atoms with E-state index in [2.05, 4.69) is 14.8 Å². The second-order valence-electron chi connectivity index (χ2n) is 3.16. The smallest absolute Gasteiger partial charge is 0.416 e. The van der Waals surface area contributed by atoms with Crippen LogP contribution in [-0.4, -0.2) is 19.2 Å². The Labute approximate surface area is 109 Å². The van der Waals surface area contributed by atoms with Gasteiger partial charge in [-0.25, -0.2) is 9.59 Å². The molecule has 5 nitrogen and oxygen atoms in total. The van der Waals surface area contributed by atoms with Crippen LogP contribution in [0.4, 0.5) is 10.5 Å². The lowest BCUT2D eigenvalue weighted by atomic mass is 10.2. The van der Waals surface area contributed by atoms with Crippen LogP contribution < -0.4 is 5.32 Å². The highest BCUT2D eigenvalue weighted by Gasteiger charge is 2.15. The third-order valence-electron chi connectivity index (χ3n) is 1.95. The molecular weight excluding hydrogens is 258 g/mol. The van der Waals surface area contributed by atoms with Gasteiger partial charge in [0.25, 0.3) is 0 Å². The molecule has 0 radical (unpaired) electrons. The van der Waals surface area contributed by atoms with E-state index in [1.54, 1.807) is 25.1 Å². The molecule has 0 fully saturated rings. The first-order chi connectivity index (χ1) is 8.60. The molecule has 6 heteroatoms. The predicted octanol–water partition coefficient (Wildman–Crippen LogP) is 3.21. The van der Waals surface area contributed by atoms with Gasteiger partial charge in [0.1, 0.15) is 0 Å². The van der Waals surface area contributed by atoms with Gasteiger partial charge < -0.3 is 9.47 Å². The maximum absolute atomic E-state index is 11.4. The molecule has 0 unspecified atom stereocenters. The Morgan fingerprint density at radius 2 is 2.11 bits per heavy atom. The number of amides is 1. The number of esters is 1. The normalized spacial score (nSPS) is 10.2. The molecule has 0 aliphatic rings. The summed E-state index contributed by atoms with van der Waals surface area (Å²) in [5, 5.41) is 2.51. The van der Waals surface area contributed by atoms with Crippen molar-refractivity contribution in [2.75, 3.05) is 12.4 Å². The van der Waals surface area contributed by atoms with Crippen molar-refractivity contribution in [2.45, 2.75) is 6.92 Å². The number of rotatable bonds is 3. The molecule has 0 heterocycles. The van der Waals surface area contributed by atoms with Crippen molar-refractivity contribution in [1.82, 2.24) is 0 Å². The molecule has 0 atom stereocenters. The molecule has 1 aromatic carbocycles. The van der Waals surface area contributed by atoms with Crippen molar-refractivity contribution in [3.05, 3.63) is 41.1 Å². The Hall–Kier alpha value is -2.01. The monoisotopic (exact) mass is 269 g/mol. The minimum absolute atomic E-state index is 0.0989. The number of anilines is 1. The molecule has 1 N–H and O–H groups in total. The van der Waals surface area contributed by atoms with Crippen LogP contribution in [0.15, 0.2) is 30.5 Å². The van der Waals surface area contributed by atoms with Crippen LogP contribution in [0.2, 0.25) is 5.02 Å². The van der Waals surface area contributed by atoms with E-state index in [4.69, 9.17) is 11.6 Å². The first-order valence-corrected chi connectivity index (χ1v) is 5.43. The maximum atomic E-state index is 11.4. The standard InChI is InChI=1S/C12H12ClNO4/c1-3-7-18-12(16)14-9-6-4-5-8(10(9)13)11(15)17-2/h3-7H,1-2H3,(H,14,16)/b7-3-. The molecule has 1 rings (SSSR count). The van der Waals surface area contributed by atoms with Gasteiger partial charge in [-0.05, 0) is 19.1 Å². The molecule has 0 spiro atoms. The first-order valence-electron chi connectivity index (χ1n) is 5.05. The first kappa shape index (κ1) is 14.1. The minimum Gasteiger partial charge on any atom is -0.465 e. The fraction of sp³-hybridized carbons (Fsp3) is 0.167. The second kappa shape index (κ2) is 6.66. The topological polar surface area (TPSA) is 64.6 Å². The molecule has 0 aliphatic carbocycles. The third-order valence-corrected chi connectivity index (χ3v) is 2.36. The summed E-state index contributed by atoms with van der Waals surface area (Å²) in [7, 11) is 1.25. The largest absolute Gasteiger partial charge is 0.465 e. The summed E-state index contributed by atoms with van der Waals surface area (Å²) in [6.07, 6.45) is 2.09. The number of carbonyl (C=O) groups excluding carboxylic acids is 2. The average Bonchev–Trinajstić information content (AvgIpc) is 2.38. The number of hydrogen-bond acceptors (Lipinski definition) is 4. The van der Waals surface area contributed by atoms with E-state index >= 15 is 0 Å². The molecule has 0 saturated heterocycles. The fourth-order valence-corrected chi connectivity index (χ4v) is 1.42. The Morgan fingerprint density at radius 1 is 1.39 bits per heavy atom. The van der Waals surface area contributed by atoms with E-state index in [9.17, 15) is 9.59 Å². The number of methoxy groups -OCH3 is 1. The van der Waals surface area contributed by atoms with E-state index < -0.39 is 12.1 Å². The van der Waals surface area contributed by atoms with Crippen molar-refractivity contribution in [1.29, 1.82) is 0 Å². The van der Waals surface area contributed by atoms with E-state index in [0.717, 1.165) is 0 Å². The zero-order valence-corrected chi connectivity index (χ0v) is 10.7. The Kier molecular flexibility index (Phi) is 5.20. The summed E-state index contributed by atoms with van der Waals surface area (Å²) in [5.74, 6) is -0.578. The van der Waals surface area contributed by atoms with Gasteiger partial charge in [0.05, 0.1) is 29.6 Å². The van der Waals surface area contributed by atoms with E-state index in [-0.39, 0.29) is 16.3 Å². The number of halogens is 1. The third kappa shape index (κ3) is 3.49. The number of ether oxygens (including phenoxy) is 2. The highest BCUT2D eigenvalue weighted by atomic mass is 35.5. The van der Waals surface area contributed by atoms with Gasteiger partial charge in [0, 0.05) is 0 Å². The molecular formula is C12H12ClNO4. The van der Waals surface area contributed by atoms with Gasteiger partial charge in [0.2, 0.25) is 0 Å².